The molecule has 2 N–H and O–H groups in total. The summed E-state index contributed by atoms with van der Waals surface area (Å²) in [6, 6.07) is 7.30. The summed E-state index contributed by atoms with van der Waals surface area (Å²) in [5, 5.41) is 5.41. The lowest BCUT2D eigenvalue weighted by atomic mass is 10.1. The first-order valence-electron chi connectivity index (χ1n) is 7.13. The molecule has 120 valence electrons. The Labute approximate surface area is 134 Å². The first-order valence-corrected chi connectivity index (χ1v) is 7.13. The molecule has 1 heterocycles. The third kappa shape index (κ3) is 5.39. The lowest BCUT2D eigenvalue weighted by molar-refractivity contribution is -0.120. The van der Waals surface area contributed by atoms with E-state index < -0.39 is 0 Å². The summed E-state index contributed by atoms with van der Waals surface area (Å²) in [5.41, 5.74) is 1.14. The number of nitrogens with one attached hydrogen (secondary N) is 2. The first kappa shape index (κ1) is 16.4. The van der Waals surface area contributed by atoms with E-state index in [1.54, 1.807) is 7.11 Å². The van der Waals surface area contributed by atoms with E-state index in [-0.39, 0.29) is 23.9 Å². The van der Waals surface area contributed by atoms with Crippen molar-refractivity contribution in [1.82, 2.24) is 20.6 Å². The normalized spacial score (nSPS) is 9.96. The van der Waals surface area contributed by atoms with Gasteiger partial charge in [0.05, 0.1) is 19.7 Å². The van der Waals surface area contributed by atoms with E-state index in [2.05, 4.69) is 20.6 Å². The Morgan fingerprint density at radius 2 is 1.83 bits per heavy atom. The number of carbonyl (C=O) groups is 2. The summed E-state index contributed by atoms with van der Waals surface area (Å²) >= 11 is 0. The van der Waals surface area contributed by atoms with E-state index in [0.717, 1.165) is 11.3 Å². The molecule has 0 saturated carbocycles. The fourth-order valence-electron chi connectivity index (χ4n) is 1.88. The number of amides is 2. The highest BCUT2D eigenvalue weighted by Crippen LogP contribution is 2.11. The molecule has 0 aliphatic rings. The highest BCUT2D eigenvalue weighted by Gasteiger charge is 2.06. The van der Waals surface area contributed by atoms with Crippen molar-refractivity contribution in [1.29, 1.82) is 0 Å². The lowest BCUT2D eigenvalue weighted by Gasteiger charge is -2.07. The van der Waals surface area contributed by atoms with Gasteiger partial charge in [-0.25, -0.2) is 4.98 Å². The Morgan fingerprint density at radius 1 is 1.09 bits per heavy atom. The van der Waals surface area contributed by atoms with Crippen molar-refractivity contribution in [2.24, 2.45) is 0 Å². The van der Waals surface area contributed by atoms with Gasteiger partial charge in [-0.3, -0.25) is 14.6 Å². The Bertz CT molecular complexity index is 644. The van der Waals surface area contributed by atoms with Gasteiger partial charge in [-0.1, -0.05) is 12.1 Å². The average molecular weight is 314 g/mol. The summed E-state index contributed by atoms with van der Waals surface area (Å²) < 4.78 is 5.06. The van der Waals surface area contributed by atoms with Crippen LogP contribution in [-0.2, 0) is 11.2 Å². The van der Waals surface area contributed by atoms with Crippen LogP contribution >= 0.6 is 0 Å². The molecule has 0 bridgehead atoms. The first-order chi connectivity index (χ1) is 11.2. The topological polar surface area (TPSA) is 93.2 Å². The monoisotopic (exact) mass is 314 g/mol. The zero-order chi connectivity index (χ0) is 16.5. The molecule has 2 rings (SSSR count). The smallest absolute Gasteiger partial charge is 0.271 e. The van der Waals surface area contributed by atoms with Crippen LogP contribution < -0.4 is 15.4 Å². The number of hydrogen-bond donors (Lipinski definition) is 2. The molecule has 0 aliphatic heterocycles. The van der Waals surface area contributed by atoms with E-state index in [4.69, 9.17) is 4.74 Å². The maximum absolute atomic E-state index is 11.8. The second-order valence-electron chi connectivity index (χ2n) is 4.72. The second kappa shape index (κ2) is 8.47. The number of hydrogen-bond acceptors (Lipinski definition) is 5. The zero-order valence-corrected chi connectivity index (χ0v) is 12.8. The van der Waals surface area contributed by atoms with Crippen LogP contribution in [0.25, 0.3) is 0 Å². The van der Waals surface area contributed by atoms with Crippen LogP contribution in [0.15, 0.2) is 42.9 Å². The van der Waals surface area contributed by atoms with Crippen molar-refractivity contribution in [3.8, 4) is 5.75 Å². The third-order valence-electron chi connectivity index (χ3n) is 3.05. The van der Waals surface area contributed by atoms with Crippen molar-refractivity contribution in [3.63, 3.8) is 0 Å². The molecular formula is C16H18N4O3. The molecule has 0 spiro atoms. The minimum atomic E-state index is -0.317. The molecule has 0 aliphatic carbocycles. The second-order valence-corrected chi connectivity index (χ2v) is 4.72. The van der Waals surface area contributed by atoms with Gasteiger partial charge in [0.1, 0.15) is 11.4 Å². The van der Waals surface area contributed by atoms with Crippen molar-refractivity contribution in [2.45, 2.75) is 6.42 Å². The molecule has 1 aromatic carbocycles. The van der Waals surface area contributed by atoms with E-state index in [1.807, 2.05) is 24.3 Å². The number of methoxy groups -OCH3 is 1. The molecular weight excluding hydrogens is 296 g/mol. The Balaban J connectivity index is 1.67. The van der Waals surface area contributed by atoms with Gasteiger partial charge < -0.3 is 15.4 Å². The van der Waals surface area contributed by atoms with Gasteiger partial charge in [0, 0.05) is 25.5 Å². The van der Waals surface area contributed by atoms with Crippen molar-refractivity contribution >= 4 is 11.8 Å². The molecule has 23 heavy (non-hydrogen) atoms. The SMILES string of the molecule is COc1ccc(CC(=O)NCCNC(=O)c2cnccn2)cc1. The number of benzene rings is 1. The van der Waals surface area contributed by atoms with Gasteiger partial charge in [0.2, 0.25) is 5.91 Å². The van der Waals surface area contributed by atoms with E-state index in [1.165, 1.54) is 18.6 Å². The minimum Gasteiger partial charge on any atom is -0.497 e. The third-order valence-corrected chi connectivity index (χ3v) is 3.05. The van der Waals surface area contributed by atoms with Crippen LogP contribution in [0.5, 0.6) is 5.75 Å². The standard InChI is InChI=1S/C16H18N4O3/c1-23-13-4-2-12(3-5-13)10-15(21)19-8-9-20-16(22)14-11-17-6-7-18-14/h2-7,11H,8-10H2,1H3,(H,19,21)(H,20,22). The van der Waals surface area contributed by atoms with Crippen LogP contribution in [0.3, 0.4) is 0 Å². The van der Waals surface area contributed by atoms with Crippen LogP contribution in [0.4, 0.5) is 0 Å². The minimum absolute atomic E-state index is 0.107. The number of nitrogens with zero attached hydrogens (tertiary/aromatic N) is 2. The van der Waals surface area contributed by atoms with Crippen LogP contribution in [-0.4, -0.2) is 42.0 Å². The number of ether oxygens (including phenoxy) is 1. The summed E-state index contributed by atoms with van der Waals surface area (Å²) in [4.78, 5) is 31.2. The number of carbonyl (C=O) groups excluding carboxylic acids is 2. The number of rotatable bonds is 7. The van der Waals surface area contributed by atoms with Crippen LogP contribution in [0, 0.1) is 0 Å². The molecule has 0 radical (unpaired) electrons. The van der Waals surface area contributed by atoms with Crippen LogP contribution in [0.2, 0.25) is 0 Å². The van der Waals surface area contributed by atoms with Gasteiger partial charge in [0.25, 0.3) is 5.91 Å². The highest BCUT2D eigenvalue weighted by molar-refractivity contribution is 5.91. The molecule has 0 unspecified atom stereocenters. The predicted octanol–water partition coefficient (Wildman–Crippen LogP) is 0.574. The highest BCUT2D eigenvalue weighted by atomic mass is 16.5. The van der Waals surface area contributed by atoms with Crippen molar-refractivity contribution in [3.05, 3.63) is 54.1 Å². The van der Waals surface area contributed by atoms with Gasteiger partial charge in [-0.15, -0.1) is 0 Å². The van der Waals surface area contributed by atoms with Gasteiger partial charge in [-0.2, -0.15) is 0 Å². The van der Waals surface area contributed by atoms with E-state index >= 15 is 0 Å². The van der Waals surface area contributed by atoms with Gasteiger partial charge in [-0.05, 0) is 17.7 Å². The maximum atomic E-state index is 11.8. The Hall–Kier alpha value is -2.96. The molecule has 0 saturated heterocycles. The van der Waals surface area contributed by atoms with E-state index in [9.17, 15) is 9.59 Å². The van der Waals surface area contributed by atoms with E-state index in [0.29, 0.717) is 13.1 Å². The fourth-order valence-corrected chi connectivity index (χ4v) is 1.88. The number of aromatic nitrogens is 2. The average Bonchev–Trinajstić information content (AvgIpc) is 2.60. The fraction of sp³-hybridized carbons (Fsp3) is 0.250. The zero-order valence-electron chi connectivity index (χ0n) is 12.8. The molecule has 2 aromatic rings. The maximum Gasteiger partial charge on any atom is 0.271 e. The van der Waals surface area contributed by atoms with Gasteiger partial charge >= 0.3 is 0 Å². The quantitative estimate of drug-likeness (QED) is 0.729. The van der Waals surface area contributed by atoms with Crippen molar-refractivity contribution in [2.75, 3.05) is 20.2 Å². The molecule has 0 atom stereocenters. The van der Waals surface area contributed by atoms with Crippen molar-refractivity contribution < 1.29 is 14.3 Å². The molecule has 7 nitrogen and oxygen atoms in total. The molecule has 1 aromatic heterocycles. The van der Waals surface area contributed by atoms with Gasteiger partial charge in [0.15, 0.2) is 0 Å². The summed E-state index contributed by atoms with van der Waals surface area (Å²) in [6.07, 6.45) is 4.61. The Morgan fingerprint density at radius 3 is 2.48 bits per heavy atom. The van der Waals surface area contributed by atoms with Crippen LogP contribution in [0.1, 0.15) is 16.1 Å². The largest absolute Gasteiger partial charge is 0.497 e. The summed E-state index contributed by atoms with van der Waals surface area (Å²) in [7, 11) is 1.59. The molecule has 7 heteroatoms. The summed E-state index contributed by atoms with van der Waals surface area (Å²) in [5.74, 6) is 0.326. The molecule has 2 amide bonds. The predicted molar refractivity (Wildman–Crippen MR) is 84.1 cm³/mol. The summed E-state index contributed by atoms with van der Waals surface area (Å²) in [6.45, 7) is 0.671. The Kier molecular flexibility index (Phi) is 6.05. The lowest BCUT2D eigenvalue weighted by Crippen LogP contribution is -2.35. The molecule has 0 fully saturated rings.